The summed E-state index contributed by atoms with van der Waals surface area (Å²) < 4.78 is 10.2. The van der Waals surface area contributed by atoms with E-state index >= 15 is 0 Å². The fraction of sp³-hybridized carbons (Fsp3) is 0.630. The number of ketones is 2. The molecule has 0 spiro atoms. The fourth-order valence-electron chi connectivity index (χ4n) is 3.69. The molecule has 2 atom stereocenters. The van der Waals surface area contributed by atoms with Crippen LogP contribution in [0.1, 0.15) is 51.5 Å². The maximum absolute atomic E-state index is 13.1. The first-order chi connectivity index (χ1) is 17.3. The second-order valence-corrected chi connectivity index (χ2v) is 9.30. The molecule has 0 bridgehead atoms. The van der Waals surface area contributed by atoms with Crippen LogP contribution >= 0.6 is 0 Å². The summed E-state index contributed by atoms with van der Waals surface area (Å²) in [4.78, 5) is 50.3. The van der Waals surface area contributed by atoms with Crippen molar-refractivity contribution in [3.8, 4) is 0 Å². The van der Waals surface area contributed by atoms with Crippen molar-refractivity contribution >= 4 is 23.4 Å². The number of amides is 2. The van der Waals surface area contributed by atoms with E-state index in [-0.39, 0.29) is 55.1 Å². The third-order valence-corrected chi connectivity index (χ3v) is 5.63. The summed E-state index contributed by atoms with van der Waals surface area (Å²) in [6.07, 6.45) is 1.58. The maximum Gasteiger partial charge on any atom is 0.224 e. The van der Waals surface area contributed by atoms with Crippen molar-refractivity contribution < 1.29 is 28.7 Å². The molecule has 4 N–H and O–H groups in total. The summed E-state index contributed by atoms with van der Waals surface area (Å²) in [7, 11) is 1.61. The third kappa shape index (κ3) is 14.1. The number of ether oxygens (including phenoxy) is 2. The van der Waals surface area contributed by atoms with E-state index in [0.717, 1.165) is 5.56 Å². The van der Waals surface area contributed by atoms with Crippen molar-refractivity contribution in [1.82, 2.24) is 10.6 Å². The van der Waals surface area contributed by atoms with Crippen LogP contribution in [0.3, 0.4) is 0 Å². The number of carbonyl (C=O) groups is 4. The summed E-state index contributed by atoms with van der Waals surface area (Å²) >= 11 is 0. The van der Waals surface area contributed by atoms with Crippen LogP contribution in [-0.4, -0.2) is 69.4 Å². The second-order valence-electron chi connectivity index (χ2n) is 9.30. The number of methoxy groups -OCH3 is 1. The smallest absolute Gasteiger partial charge is 0.224 e. The Morgan fingerprint density at radius 3 is 2.36 bits per heavy atom. The van der Waals surface area contributed by atoms with E-state index in [1.165, 1.54) is 0 Å². The molecular weight excluding hydrogens is 462 g/mol. The molecule has 2 unspecified atom stereocenters. The van der Waals surface area contributed by atoms with Crippen molar-refractivity contribution in [2.75, 3.05) is 40.0 Å². The number of hydrogen-bond acceptors (Lipinski definition) is 7. The van der Waals surface area contributed by atoms with E-state index in [9.17, 15) is 19.2 Å². The van der Waals surface area contributed by atoms with Crippen molar-refractivity contribution in [3.05, 3.63) is 35.9 Å². The Labute approximate surface area is 214 Å². The number of benzene rings is 1. The first-order valence-electron chi connectivity index (χ1n) is 12.7. The zero-order valence-electron chi connectivity index (χ0n) is 21.9. The van der Waals surface area contributed by atoms with E-state index in [4.69, 9.17) is 15.2 Å². The van der Waals surface area contributed by atoms with Gasteiger partial charge in [0.05, 0.1) is 25.8 Å². The Hall–Kier alpha value is -2.62. The molecule has 9 heteroatoms. The highest BCUT2D eigenvalue weighted by atomic mass is 16.5. The normalized spacial score (nSPS) is 12.7. The third-order valence-electron chi connectivity index (χ3n) is 5.63. The maximum atomic E-state index is 13.1. The van der Waals surface area contributed by atoms with Gasteiger partial charge in [0.2, 0.25) is 11.8 Å². The summed E-state index contributed by atoms with van der Waals surface area (Å²) in [5.41, 5.74) is 6.41. The zero-order valence-corrected chi connectivity index (χ0v) is 21.9. The van der Waals surface area contributed by atoms with Crippen LogP contribution in [0.25, 0.3) is 0 Å². The van der Waals surface area contributed by atoms with E-state index < -0.39 is 12.0 Å². The van der Waals surface area contributed by atoms with Gasteiger partial charge in [0.1, 0.15) is 5.78 Å². The van der Waals surface area contributed by atoms with Gasteiger partial charge in [0.25, 0.3) is 0 Å². The minimum absolute atomic E-state index is 0.0113. The van der Waals surface area contributed by atoms with Gasteiger partial charge in [-0.2, -0.15) is 0 Å². The van der Waals surface area contributed by atoms with Gasteiger partial charge in [0, 0.05) is 45.4 Å². The van der Waals surface area contributed by atoms with E-state index in [1.807, 2.05) is 44.2 Å². The minimum atomic E-state index is -0.717. The van der Waals surface area contributed by atoms with Gasteiger partial charge in [-0.1, -0.05) is 44.2 Å². The lowest BCUT2D eigenvalue weighted by molar-refractivity contribution is -0.133. The first kappa shape index (κ1) is 31.4. The van der Waals surface area contributed by atoms with Crippen LogP contribution in [0.5, 0.6) is 0 Å². The average Bonchev–Trinajstić information content (AvgIpc) is 2.86. The lowest BCUT2D eigenvalue weighted by Crippen LogP contribution is -2.45. The van der Waals surface area contributed by atoms with Gasteiger partial charge < -0.3 is 25.8 Å². The molecule has 1 rings (SSSR count). The van der Waals surface area contributed by atoms with E-state index in [2.05, 4.69) is 10.6 Å². The highest BCUT2D eigenvalue weighted by Gasteiger charge is 2.28. The van der Waals surface area contributed by atoms with E-state index in [0.29, 0.717) is 45.6 Å². The number of hydrogen-bond donors (Lipinski definition) is 3. The molecule has 0 heterocycles. The quantitative estimate of drug-likeness (QED) is 0.230. The lowest BCUT2D eigenvalue weighted by Gasteiger charge is -2.23. The minimum Gasteiger partial charge on any atom is -0.382 e. The van der Waals surface area contributed by atoms with Crippen LogP contribution in [0.2, 0.25) is 0 Å². The van der Waals surface area contributed by atoms with Gasteiger partial charge in [-0.3, -0.25) is 19.2 Å². The van der Waals surface area contributed by atoms with Crippen molar-refractivity contribution in [3.63, 3.8) is 0 Å². The predicted octanol–water partition coefficient (Wildman–Crippen LogP) is 1.81. The van der Waals surface area contributed by atoms with Crippen LogP contribution in [0.15, 0.2) is 30.3 Å². The molecule has 36 heavy (non-hydrogen) atoms. The summed E-state index contributed by atoms with van der Waals surface area (Å²) in [6.45, 7) is 5.81. The van der Waals surface area contributed by atoms with Crippen LogP contribution in [-0.2, 0) is 35.1 Å². The van der Waals surface area contributed by atoms with Gasteiger partial charge in [0.15, 0.2) is 5.78 Å². The van der Waals surface area contributed by atoms with Gasteiger partial charge in [-0.25, -0.2) is 0 Å². The molecule has 0 saturated carbocycles. The molecular formula is C27H43N3O6. The molecule has 0 aliphatic heterocycles. The van der Waals surface area contributed by atoms with Gasteiger partial charge in [-0.15, -0.1) is 0 Å². The Balaban J connectivity index is 2.64. The molecule has 9 nitrogen and oxygen atoms in total. The molecule has 0 radical (unpaired) electrons. The van der Waals surface area contributed by atoms with Gasteiger partial charge >= 0.3 is 0 Å². The Morgan fingerprint density at radius 2 is 1.72 bits per heavy atom. The lowest BCUT2D eigenvalue weighted by atomic mass is 9.91. The average molecular weight is 506 g/mol. The van der Waals surface area contributed by atoms with Crippen LogP contribution < -0.4 is 16.4 Å². The van der Waals surface area contributed by atoms with Crippen molar-refractivity contribution in [1.29, 1.82) is 0 Å². The number of nitrogens with one attached hydrogen (secondary N) is 2. The van der Waals surface area contributed by atoms with Crippen molar-refractivity contribution in [2.24, 2.45) is 17.6 Å². The number of Topliss-reactive ketones (excluding diaryl/α,β-unsaturated/α-hetero) is 2. The number of carbonyl (C=O) groups excluding carboxylic acids is 4. The Bertz CT molecular complexity index is 800. The molecule has 0 aromatic heterocycles. The topological polar surface area (TPSA) is 137 Å². The largest absolute Gasteiger partial charge is 0.382 e. The summed E-state index contributed by atoms with van der Waals surface area (Å²) in [6, 6.07) is 8.71. The molecule has 1 aromatic rings. The van der Waals surface area contributed by atoms with Crippen molar-refractivity contribution in [2.45, 2.75) is 58.4 Å². The van der Waals surface area contributed by atoms with Crippen LogP contribution in [0.4, 0.5) is 0 Å². The summed E-state index contributed by atoms with van der Waals surface area (Å²) in [5.74, 6) is -1.44. The Morgan fingerprint density at radius 1 is 1.00 bits per heavy atom. The molecule has 0 fully saturated rings. The number of rotatable bonds is 20. The number of nitrogens with two attached hydrogens (primary N) is 1. The molecule has 1 aromatic carbocycles. The molecule has 0 aliphatic carbocycles. The molecule has 0 aliphatic rings. The SMILES string of the molecule is COCCOCCCNC(=O)CCC(=O)C(CC(C)C)NC(=O)C(CC(=O)CN)Cc1ccccc1. The standard InChI is InChI=1S/C27H43N3O6/c1-20(2)16-24(25(32)10-11-26(33)29-12-7-13-36-15-14-35-3)30-27(34)22(18-23(31)19-28)17-21-8-5-4-6-9-21/h4-6,8-9,20,22,24H,7,10-19,28H2,1-3H3,(H,29,33)(H,30,34). The molecule has 0 saturated heterocycles. The predicted molar refractivity (Wildman–Crippen MR) is 138 cm³/mol. The highest BCUT2D eigenvalue weighted by molar-refractivity contribution is 5.93. The zero-order chi connectivity index (χ0) is 26.8. The highest BCUT2D eigenvalue weighted by Crippen LogP contribution is 2.16. The Kier molecular flexibility index (Phi) is 16.2. The van der Waals surface area contributed by atoms with Crippen LogP contribution in [0, 0.1) is 11.8 Å². The van der Waals surface area contributed by atoms with E-state index in [1.54, 1.807) is 7.11 Å². The molecule has 202 valence electrons. The monoisotopic (exact) mass is 505 g/mol. The first-order valence-corrected chi connectivity index (χ1v) is 12.7. The van der Waals surface area contributed by atoms with Gasteiger partial charge in [-0.05, 0) is 30.7 Å². The molecule has 2 amide bonds. The fourth-order valence-corrected chi connectivity index (χ4v) is 3.69. The summed E-state index contributed by atoms with van der Waals surface area (Å²) in [5, 5.41) is 5.64. The second kappa shape index (κ2) is 18.6.